The average molecular weight is 622 g/mol. The van der Waals surface area contributed by atoms with Crippen molar-refractivity contribution in [2.75, 3.05) is 31.4 Å². The molecule has 2 rings (SSSR count). The van der Waals surface area contributed by atoms with Crippen LogP contribution in [0.3, 0.4) is 0 Å². The molecule has 42 heavy (non-hydrogen) atoms. The van der Waals surface area contributed by atoms with E-state index in [4.69, 9.17) is 10.5 Å². The second kappa shape index (κ2) is 18.1. The highest BCUT2D eigenvalue weighted by atomic mass is 32.2. The zero-order valence-corrected chi connectivity index (χ0v) is 26.8. The lowest BCUT2D eigenvalue weighted by Crippen LogP contribution is -2.55. The first-order chi connectivity index (χ1) is 20.0. The van der Waals surface area contributed by atoms with Crippen molar-refractivity contribution in [1.29, 1.82) is 0 Å². The molecule has 4 N–H and O–H groups in total. The van der Waals surface area contributed by atoms with Crippen molar-refractivity contribution in [2.45, 2.75) is 75.9 Å². The third-order valence-electron chi connectivity index (χ3n) is 7.07. The van der Waals surface area contributed by atoms with Crippen LogP contribution in [0.4, 0.5) is 0 Å². The van der Waals surface area contributed by atoms with Crippen LogP contribution >= 0.6 is 11.8 Å². The van der Waals surface area contributed by atoms with Crippen LogP contribution in [0.15, 0.2) is 54.6 Å². The summed E-state index contributed by atoms with van der Waals surface area (Å²) in [5.74, 6) is -0.861. The lowest BCUT2D eigenvalue weighted by Gasteiger charge is -2.32. The molecular formula is C31H47N3O6S2. The number of aliphatic hydroxyl groups is 1. The maximum atomic E-state index is 14.1. The topological polar surface area (TPSA) is 139 Å². The van der Waals surface area contributed by atoms with E-state index in [-0.39, 0.29) is 18.8 Å². The smallest absolute Gasteiger partial charge is 0.246 e. The Morgan fingerprint density at radius 2 is 1.69 bits per heavy atom. The predicted molar refractivity (Wildman–Crippen MR) is 170 cm³/mol. The number of aliphatic hydroxyl groups excluding tert-OH is 1. The second-order valence-corrected chi connectivity index (χ2v) is 13.8. The maximum absolute atomic E-state index is 14.1. The van der Waals surface area contributed by atoms with Gasteiger partial charge in [-0.15, -0.1) is 0 Å². The fourth-order valence-electron chi connectivity index (χ4n) is 4.89. The Hall–Kier alpha value is -2.60. The fraction of sp³-hybridized carbons (Fsp3) is 0.548. The molecule has 9 nitrogen and oxygen atoms in total. The number of nitrogens with two attached hydrogens (primary N) is 1. The van der Waals surface area contributed by atoms with Gasteiger partial charge in [-0.3, -0.25) is 9.59 Å². The number of nitrogens with zero attached hydrogens (tertiary/aromatic N) is 1. The Labute approximate surface area is 255 Å². The maximum Gasteiger partial charge on any atom is 0.246 e. The lowest BCUT2D eigenvalue weighted by molar-refractivity contribution is -0.137. The van der Waals surface area contributed by atoms with Gasteiger partial charge < -0.3 is 25.8 Å². The molecule has 0 spiro atoms. The number of hydrogen-bond donors (Lipinski definition) is 3. The molecule has 0 aliphatic carbocycles. The summed E-state index contributed by atoms with van der Waals surface area (Å²) in [6.07, 6.45) is 3.38. The number of thioether (sulfide) groups is 1. The third-order valence-corrected chi connectivity index (χ3v) is 9.91. The van der Waals surface area contributed by atoms with E-state index in [9.17, 15) is 23.1 Å². The summed E-state index contributed by atoms with van der Waals surface area (Å²) < 4.78 is 32.4. The summed E-state index contributed by atoms with van der Waals surface area (Å²) in [5.41, 5.74) is 8.03. The highest BCUT2D eigenvalue weighted by molar-refractivity contribution is 7.99. The molecule has 0 fully saturated rings. The highest BCUT2D eigenvalue weighted by Gasteiger charge is 2.35. The molecule has 0 radical (unpaired) electrons. The van der Waals surface area contributed by atoms with Crippen LogP contribution < -0.4 is 15.8 Å². The summed E-state index contributed by atoms with van der Waals surface area (Å²) in [6, 6.07) is 14.7. The highest BCUT2D eigenvalue weighted by Crippen LogP contribution is 2.20. The molecule has 0 saturated carbocycles. The van der Waals surface area contributed by atoms with Crippen molar-refractivity contribution in [3.05, 3.63) is 65.7 Å². The van der Waals surface area contributed by atoms with Gasteiger partial charge >= 0.3 is 0 Å². The zero-order valence-electron chi connectivity index (χ0n) is 25.2. The molecule has 0 saturated heterocycles. The summed E-state index contributed by atoms with van der Waals surface area (Å²) in [6.45, 7) is 3.77. The van der Waals surface area contributed by atoms with Gasteiger partial charge in [-0.05, 0) is 48.8 Å². The molecule has 11 heteroatoms. The van der Waals surface area contributed by atoms with Crippen molar-refractivity contribution < 1.29 is 27.9 Å². The number of benzene rings is 2. The molecule has 0 bridgehead atoms. The van der Waals surface area contributed by atoms with E-state index in [1.807, 2.05) is 50.2 Å². The predicted octanol–water partition coefficient (Wildman–Crippen LogP) is 3.19. The van der Waals surface area contributed by atoms with Crippen molar-refractivity contribution in [3.8, 4) is 5.75 Å². The number of ether oxygens (including phenoxy) is 1. The van der Waals surface area contributed by atoms with E-state index >= 15 is 0 Å². The molecule has 0 aromatic heterocycles. The van der Waals surface area contributed by atoms with Crippen LogP contribution in [-0.2, 0) is 32.4 Å². The average Bonchev–Trinajstić information content (AvgIpc) is 2.96. The molecule has 0 aliphatic heterocycles. The van der Waals surface area contributed by atoms with E-state index in [0.29, 0.717) is 37.9 Å². The second-order valence-electron chi connectivity index (χ2n) is 10.6. The fourth-order valence-corrected chi connectivity index (χ4v) is 7.38. The van der Waals surface area contributed by atoms with Gasteiger partial charge in [-0.1, -0.05) is 69.2 Å². The summed E-state index contributed by atoms with van der Waals surface area (Å²) in [7, 11) is -2.19. The number of rotatable bonds is 19. The lowest BCUT2D eigenvalue weighted by atomic mass is 10.0. The van der Waals surface area contributed by atoms with Crippen LogP contribution in [0, 0.1) is 0 Å². The number of carbonyl (C=O) groups excluding carboxylic acids is 2. The van der Waals surface area contributed by atoms with Gasteiger partial charge in [0.15, 0.2) is 9.84 Å². The van der Waals surface area contributed by atoms with Crippen LogP contribution in [-0.4, -0.2) is 85.1 Å². The minimum Gasteiger partial charge on any atom is -0.497 e. The summed E-state index contributed by atoms with van der Waals surface area (Å²) >= 11 is 1.28. The number of amides is 2. The van der Waals surface area contributed by atoms with Gasteiger partial charge in [0, 0.05) is 19.1 Å². The minimum atomic E-state index is -3.73. The Bertz CT molecular complexity index is 1210. The number of hydrogen-bond acceptors (Lipinski definition) is 8. The summed E-state index contributed by atoms with van der Waals surface area (Å²) in [4.78, 5) is 28.2. The normalized spacial score (nSPS) is 13.8. The van der Waals surface area contributed by atoms with Crippen molar-refractivity contribution in [3.63, 3.8) is 0 Å². The molecule has 1 unspecified atom stereocenters. The molecule has 2 aromatic rings. The van der Waals surface area contributed by atoms with Gasteiger partial charge in [0.1, 0.15) is 11.8 Å². The molecule has 234 valence electrons. The first kappa shape index (κ1) is 35.6. The number of carbonyl (C=O) groups is 2. The third kappa shape index (κ3) is 11.6. The Morgan fingerprint density at radius 1 is 1.05 bits per heavy atom. The number of sulfone groups is 1. The van der Waals surface area contributed by atoms with Crippen LogP contribution in [0.2, 0.25) is 0 Å². The Morgan fingerprint density at radius 3 is 2.29 bits per heavy atom. The SMILES string of the molecule is CCCC(CCC)S(=O)(=O)CC(NC(=O)CSC)C(=O)N(Cc1cccc(OC)c1)C[C@@H](O)[C@@H](N)Cc1ccccc1. The largest absolute Gasteiger partial charge is 0.497 e. The van der Waals surface area contributed by atoms with Crippen molar-refractivity contribution >= 4 is 33.4 Å². The van der Waals surface area contributed by atoms with E-state index in [1.54, 1.807) is 31.6 Å². The van der Waals surface area contributed by atoms with Gasteiger partial charge in [0.05, 0.1) is 30.0 Å². The molecular weight excluding hydrogens is 574 g/mol. The molecule has 0 heterocycles. The minimum absolute atomic E-state index is 0.0629. The molecule has 0 aliphatic rings. The van der Waals surface area contributed by atoms with Gasteiger partial charge in [0.25, 0.3) is 0 Å². The number of methoxy groups -OCH3 is 1. The molecule has 3 atom stereocenters. The van der Waals surface area contributed by atoms with Gasteiger partial charge in [-0.2, -0.15) is 11.8 Å². The standard InChI is InChI=1S/C31H47N3O6S2/c1-5-11-26(12-6-2)42(38,39)22-28(33-30(36)21-41-4)31(37)34(19-24-15-10-16-25(17-24)40-3)20-29(35)27(32)18-23-13-8-7-9-14-23/h7-10,13-17,26-29,35H,5-6,11-12,18-22,32H2,1-4H3,(H,33,36)/t27-,28?,29+/m0/s1. The van der Waals surface area contributed by atoms with Gasteiger partial charge in [0.2, 0.25) is 11.8 Å². The van der Waals surface area contributed by atoms with Crippen LogP contribution in [0.5, 0.6) is 5.75 Å². The Balaban J connectivity index is 2.42. The van der Waals surface area contributed by atoms with Crippen molar-refractivity contribution in [2.24, 2.45) is 5.73 Å². The summed E-state index contributed by atoms with van der Waals surface area (Å²) in [5, 5.41) is 13.2. The Kier molecular flexibility index (Phi) is 15.4. The van der Waals surface area contributed by atoms with E-state index in [2.05, 4.69) is 5.32 Å². The van der Waals surface area contributed by atoms with Crippen molar-refractivity contribution in [1.82, 2.24) is 10.2 Å². The van der Waals surface area contributed by atoms with E-state index < -0.39 is 50.8 Å². The quantitative estimate of drug-likeness (QED) is 0.217. The van der Waals surface area contributed by atoms with Crippen LogP contribution in [0.25, 0.3) is 0 Å². The van der Waals surface area contributed by atoms with Crippen LogP contribution in [0.1, 0.15) is 50.7 Å². The van der Waals surface area contributed by atoms with E-state index in [0.717, 1.165) is 11.1 Å². The van der Waals surface area contributed by atoms with E-state index in [1.165, 1.54) is 16.7 Å². The first-order valence-corrected chi connectivity index (χ1v) is 17.5. The zero-order chi connectivity index (χ0) is 31.1. The molecule has 2 amide bonds. The first-order valence-electron chi connectivity index (χ1n) is 14.4. The number of nitrogens with one attached hydrogen (secondary N) is 1. The molecule has 2 aromatic carbocycles. The van der Waals surface area contributed by atoms with Gasteiger partial charge in [-0.25, -0.2) is 8.42 Å². The monoisotopic (exact) mass is 621 g/mol.